The van der Waals surface area contributed by atoms with Gasteiger partial charge in [0, 0.05) is 27.7 Å². The van der Waals surface area contributed by atoms with Crippen LogP contribution in [0.5, 0.6) is 5.75 Å². The average Bonchev–Trinajstić information content (AvgIpc) is 2.92. The summed E-state index contributed by atoms with van der Waals surface area (Å²) in [4.78, 5) is 15.8. The highest BCUT2D eigenvalue weighted by Gasteiger charge is 2.19. The van der Waals surface area contributed by atoms with Gasteiger partial charge in [0.05, 0.1) is 17.7 Å². The maximum Gasteiger partial charge on any atom is 0.198 e. The zero-order valence-electron chi connectivity index (χ0n) is 11.1. The van der Waals surface area contributed by atoms with Gasteiger partial charge < -0.3 is 9.72 Å². The molecule has 0 radical (unpaired) electrons. The van der Waals surface area contributed by atoms with Gasteiger partial charge in [-0.25, -0.2) is 0 Å². The summed E-state index contributed by atoms with van der Waals surface area (Å²) in [5, 5.41) is 1.76. The maximum atomic E-state index is 12.8. The number of benzene rings is 2. The fourth-order valence-electron chi connectivity index (χ4n) is 2.32. The quantitative estimate of drug-likeness (QED) is 0.710. The number of carbonyl (C=O) groups excluding carboxylic acids is 1. The van der Waals surface area contributed by atoms with Crippen molar-refractivity contribution in [2.45, 2.75) is 0 Å². The molecule has 106 valence electrons. The van der Waals surface area contributed by atoms with Crippen molar-refractivity contribution in [2.75, 3.05) is 7.11 Å². The summed E-state index contributed by atoms with van der Waals surface area (Å²) >= 11 is 12.1. The van der Waals surface area contributed by atoms with E-state index in [0.717, 1.165) is 5.52 Å². The van der Waals surface area contributed by atoms with E-state index in [2.05, 4.69) is 4.98 Å². The van der Waals surface area contributed by atoms with E-state index >= 15 is 0 Å². The molecule has 5 heteroatoms. The van der Waals surface area contributed by atoms with Crippen molar-refractivity contribution in [1.82, 2.24) is 4.98 Å². The molecule has 3 rings (SSSR count). The molecule has 21 heavy (non-hydrogen) atoms. The summed E-state index contributed by atoms with van der Waals surface area (Å²) in [7, 11) is 1.50. The second kappa shape index (κ2) is 5.43. The average molecular weight is 320 g/mol. The smallest absolute Gasteiger partial charge is 0.198 e. The van der Waals surface area contributed by atoms with Crippen LogP contribution in [0.3, 0.4) is 0 Å². The van der Waals surface area contributed by atoms with Gasteiger partial charge in [-0.3, -0.25) is 4.79 Å². The van der Waals surface area contributed by atoms with Gasteiger partial charge in [-0.2, -0.15) is 0 Å². The first-order valence-corrected chi connectivity index (χ1v) is 7.01. The largest absolute Gasteiger partial charge is 0.496 e. The number of ketones is 1. The van der Waals surface area contributed by atoms with Crippen molar-refractivity contribution < 1.29 is 9.53 Å². The number of fused-ring (bicyclic) bond motifs is 1. The molecule has 0 atom stereocenters. The van der Waals surface area contributed by atoms with Gasteiger partial charge in [-0.05, 0) is 30.3 Å². The Kier molecular flexibility index (Phi) is 3.62. The van der Waals surface area contributed by atoms with Crippen LogP contribution < -0.4 is 4.74 Å². The molecular weight excluding hydrogens is 309 g/mol. The number of H-pyrrole nitrogens is 1. The predicted octanol–water partition coefficient (Wildman–Crippen LogP) is 4.71. The molecule has 1 heterocycles. The fourth-order valence-corrected chi connectivity index (χ4v) is 2.76. The van der Waals surface area contributed by atoms with E-state index in [-0.39, 0.29) is 5.78 Å². The van der Waals surface area contributed by atoms with Crippen LogP contribution >= 0.6 is 23.2 Å². The fraction of sp³-hybridized carbons (Fsp3) is 0.0625. The van der Waals surface area contributed by atoms with Gasteiger partial charge in [0.25, 0.3) is 0 Å². The Morgan fingerprint density at radius 3 is 2.71 bits per heavy atom. The predicted molar refractivity (Wildman–Crippen MR) is 84.7 cm³/mol. The van der Waals surface area contributed by atoms with E-state index in [1.54, 1.807) is 30.5 Å². The number of hydrogen-bond donors (Lipinski definition) is 1. The summed E-state index contributed by atoms with van der Waals surface area (Å²) < 4.78 is 5.24. The highest BCUT2D eigenvalue weighted by molar-refractivity contribution is 6.37. The Labute approximate surface area is 131 Å². The summed E-state index contributed by atoms with van der Waals surface area (Å²) in [5.74, 6) is 0.275. The molecule has 1 N–H and O–H groups in total. The molecule has 0 spiro atoms. The number of rotatable bonds is 3. The van der Waals surface area contributed by atoms with Crippen LogP contribution in [0.1, 0.15) is 15.9 Å². The SMILES string of the molecule is COc1cc(Cl)ccc1C(=O)c1c[nH]c2cccc(Cl)c12. The number of aromatic nitrogens is 1. The molecule has 0 aliphatic rings. The van der Waals surface area contributed by atoms with E-state index in [0.29, 0.717) is 32.3 Å². The summed E-state index contributed by atoms with van der Waals surface area (Å²) in [6.45, 7) is 0. The Balaban J connectivity index is 2.17. The number of ether oxygens (including phenoxy) is 1. The van der Waals surface area contributed by atoms with E-state index in [9.17, 15) is 4.79 Å². The normalized spacial score (nSPS) is 10.8. The number of methoxy groups -OCH3 is 1. The van der Waals surface area contributed by atoms with Gasteiger partial charge in [0.1, 0.15) is 5.75 Å². The molecule has 0 aliphatic carbocycles. The maximum absolute atomic E-state index is 12.8. The zero-order chi connectivity index (χ0) is 15.0. The van der Waals surface area contributed by atoms with Gasteiger partial charge in [0.2, 0.25) is 0 Å². The lowest BCUT2D eigenvalue weighted by molar-refractivity contribution is 0.103. The van der Waals surface area contributed by atoms with Crippen LogP contribution in [0.4, 0.5) is 0 Å². The standard InChI is InChI=1S/C16H11Cl2NO2/c1-21-14-7-9(17)5-6-10(14)16(20)11-8-19-13-4-2-3-12(18)15(11)13/h2-8,19H,1H3. The first-order valence-electron chi connectivity index (χ1n) is 6.25. The number of aromatic amines is 1. The third kappa shape index (κ3) is 2.39. The van der Waals surface area contributed by atoms with Crippen molar-refractivity contribution in [3.63, 3.8) is 0 Å². The van der Waals surface area contributed by atoms with Gasteiger partial charge >= 0.3 is 0 Å². The van der Waals surface area contributed by atoms with Gasteiger partial charge in [-0.15, -0.1) is 0 Å². The van der Waals surface area contributed by atoms with Crippen molar-refractivity contribution in [3.8, 4) is 5.75 Å². The first-order chi connectivity index (χ1) is 10.1. The Hall–Kier alpha value is -1.97. The monoisotopic (exact) mass is 319 g/mol. The summed E-state index contributed by atoms with van der Waals surface area (Å²) in [6, 6.07) is 10.4. The van der Waals surface area contributed by atoms with Gasteiger partial charge in [0.15, 0.2) is 5.78 Å². The molecule has 0 bridgehead atoms. The molecule has 0 aliphatic heterocycles. The highest BCUT2D eigenvalue weighted by atomic mass is 35.5. The van der Waals surface area contributed by atoms with Crippen molar-refractivity contribution in [2.24, 2.45) is 0 Å². The molecule has 0 saturated heterocycles. The summed E-state index contributed by atoms with van der Waals surface area (Å²) in [6.07, 6.45) is 1.66. The minimum absolute atomic E-state index is 0.164. The molecule has 1 aromatic heterocycles. The van der Waals surface area contributed by atoms with Crippen molar-refractivity contribution in [3.05, 3.63) is 63.8 Å². The Bertz CT molecular complexity index is 839. The number of nitrogens with one attached hydrogen (secondary N) is 1. The number of hydrogen-bond acceptors (Lipinski definition) is 2. The second-order valence-corrected chi connectivity index (χ2v) is 5.38. The molecule has 0 saturated carbocycles. The van der Waals surface area contributed by atoms with E-state index in [1.165, 1.54) is 7.11 Å². The molecule has 0 fully saturated rings. The highest BCUT2D eigenvalue weighted by Crippen LogP contribution is 2.31. The van der Waals surface area contributed by atoms with E-state index < -0.39 is 0 Å². The molecule has 0 amide bonds. The molecule has 0 unspecified atom stereocenters. The topological polar surface area (TPSA) is 42.1 Å². The van der Waals surface area contributed by atoms with Gasteiger partial charge in [-0.1, -0.05) is 29.3 Å². The molecule has 3 nitrogen and oxygen atoms in total. The van der Waals surface area contributed by atoms with E-state index in [1.807, 2.05) is 12.1 Å². The Morgan fingerprint density at radius 1 is 1.14 bits per heavy atom. The lowest BCUT2D eigenvalue weighted by atomic mass is 10.0. The Morgan fingerprint density at radius 2 is 1.95 bits per heavy atom. The minimum Gasteiger partial charge on any atom is -0.496 e. The van der Waals surface area contributed by atoms with Crippen molar-refractivity contribution >= 4 is 39.9 Å². The third-order valence-corrected chi connectivity index (χ3v) is 3.86. The molecule has 2 aromatic carbocycles. The first kappa shape index (κ1) is 14.0. The van der Waals surface area contributed by atoms with Crippen LogP contribution in [0, 0.1) is 0 Å². The third-order valence-electron chi connectivity index (χ3n) is 3.31. The second-order valence-electron chi connectivity index (χ2n) is 4.54. The van der Waals surface area contributed by atoms with Crippen LogP contribution in [0.25, 0.3) is 10.9 Å². The van der Waals surface area contributed by atoms with Crippen LogP contribution in [0.15, 0.2) is 42.6 Å². The van der Waals surface area contributed by atoms with Crippen LogP contribution in [-0.4, -0.2) is 17.9 Å². The van der Waals surface area contributed by atoms with Crippen LogP contribution in [-0.2, 0) is 0 Å². The van der Waals surface area contributed by atoms with Crippen molar-refractivity contribution in [1.29, 1.82) is 0 Å². The molecular formula is C16H11Cl2NO2. The minimum atomic E-state index is -0.164. The van der Waals surface area contributed by atoms with E-state index in [4.69, 9.17) is 27.9 Å². The van der Waals surface area contributed by atoms with Crippen LogP contribution in [0.2, 0.25) is 10.0 Å². The zero-order valence-corrected chi connectivity index (χ0v) is 12.6. The lowest BCUT2D eigenvalue weighted by Crippen LogP contribution is -2.03. The molecule has 3 aromatic rings. The lowest BCUT2D eigenvalue weighted by Gasteiger charge is -2.08. The number of carbonyl (C=O) groups is 1. The summed E-state index contributed by atoms with van der Waals surface area (Å²) in [5.41, 5.74) is 1.78. The number of halogens is 2.